The van der Waals surface area contributed by atoms with E-state index in [2.05, 4.69) is 31.0 Å². The van der Waals surface area contributed by atoms with Crippen LogP contribution in [0.5, 0.6) is 0 Å². The quantitative estimate of drug-likeness (QED) is 0.380. The Hall–Kier alpha value is -3.30. The number of fused-ring (bicyclic) bond motifs is 2. The Kier molecular flexibility index (Phi) is 5.36. The number of rotatable bonds is 7. The van der Waals surface area contributed by atoms with Crippen LogP contribution in [0.15, 0.2) is 71.6 Å². The van der Waals surface area contributed by atoms with Crippen LogP contribution in [-0.4, -0.2) is 26.7 Å². The van der Waals surface area contributed by atoms with Crippen molar-refractivity contribution >= 4 is 49.5 Å². The zero-order chi connectivity index (χ0) is 22.1. The first-order valence-electron chi connectivity index (χ1n) is 10.3. The van der Waals surface area contributed by atoms with Gasteiger partial charge >= 0.3 is 0 Å². The van der Waals surface area contributed by atoms with E-state index < -0.39 is 10.0 Å². The maximum atomic E-state index is 12.9. The summed E-state index contributed by atoms with van der Waals surface area (Å²) in [5.74, 6) is 1.06. The lowest BCUT2D eigenvalue weighted by Crippen LogP contribution is -2.13. The zero-order valence-corrected chi connectivity index (χ0v) is 19.0. The first kappa shape index (κ1) is 20.6. The molecule has 0 saturated carbocycles. The van der Waals surface area contributed by atoms with Gasteiger partial charge in [0.25, 0.3) is 10.0 Å². The standard InChI is InChI=1S/C23H21N5O2S2/c1-2-28-20-8-4-3-6-18(20)24-22(28)15-12-16-10-13-17(14-11-16)27-32(29,30)21-9-5-7-19-23(21)26-31-25-19/h3-11,13-14,27H,2,12,15H2,1H3. The summed E-state index contributed by atoms with van der Waals surface area (Å²) < 4.78 is 38.9. The van der Waals surface area contributed by atoms with E-state index in [0.29, 0.717) is 16.7 Å². The Morgan fingerprint density at radius 2 is 1.69 bits per heavy atom. The lowest BCUT2D eigenvalue weighted by atomic mass is 10.1. The third-order valence-corrected chi connectivity index (χ3v) is 7.39. The average molecular weight is 464 g/mol. The number of nitrogens with one attached hydrogen (secondary N) is 1. The fourth-order valence-electron chi connectivity index (χ4n) is 3.87. The molecule has 32 heavy (non-hydrogen) atoms. The third-order valence-electron chi connectivity index (χ3n) is 5.43. The number of imidazole rings is 1. The average Bonchev–Trinajstić information content (AvgIpc) is 3.42. The van der Waals surface area contributed by atoms with Gasteiger partial charge in [0.1, 0.15) is 21.8 Å². The Morgan fingerprint density at radius 3 is 2.50 bits per heavy atom. The summed E-state index contributed by atoms with van der Waals surface area (Å²) in [7, 11) is -3.76. The minimum absolute atomic E-state index is 0.131. The van der Waals surface area contributed by atoms with E-state index in [1.165, 1.54) is 0 Å². The Morgan fingerprint density at radius 1 is 0.906 bits per heavy atom. The first-order valence-corrected chi connectivity index (χ1v) is 12.5. The van der Waals surface area contributed by atoms with Gasteiger partial charge in [-0.25, -0.2) is 13.4 Å². The monoisotopic (exact) mass is 463 g/mol. The summed E-state index contributed by atoms with van der Waals surface area (Å²) in [4.78, 5) is 4.91. The highest BCUT2D eigenvalue weighted by atomic mass is 32.2. The molecule has 5 rings (SSSR count). The number of hydrogen-bond donors (Lipinski definition) is 1. The van der Waals surface area contributed by atoms with Gasteiger partial charge in [-0.2, -0.15) is 8.75 Å². The van der Waals surface area contributed by atoms with Crippen LogP contribution < -0.4 is 4.72 Å². The van der Waals surface area contributed by atoms with Crippen molar-refractivity contribution in [3.05, 3.63) is 78.1 Å². The number of aryl methyl sites for hydroxylation is 3. The second-order valence-corrected chi connectivity index (χ2v) is 9.63. The van der Waals surface area contributed by atoms with Crippen molar-refractivity contribution < 1.29 is 8.42 Å². The summed E-state index contributed by atoms with van der Waals surface area (Å²) >= 11 is 1.000. The predicted octanol–water partition coefficient (Wildman–Crippen LogP) is 4.65. The van der Waals surface area contributed by atoms with Gasteiger partial charge in [0.15, 0.2) is 0 Å². The Balaban J connectivity index is 1.31. The summed E-state index contributed by atoms with van der Waals surface area (Å²) in [5, 5.41) is 0. The maximum absolute atomic E-state index is 12.9. The molecule has 0 fully saturated rings. The second kappa shape index (κ2) is 8.33. The van der Waals surface area contributed by atoms with Crippen LogP contribution in [0, 0.1) is 0 Å². The van der Waals surface area contributed by atoms with E-state index in [0.717, 1.165) is 53.5 Å². The van der Waals surface area contributed by atoms with Gasteiger partial charge in [0.05, 0.1) is 22.8 Å². The van der Waals surface area contributed by atoms with Crippen LogP contribution in [0.25, 0.3) is 22.1 Å². The number of hydrogen-bond acceptors (Lipinski definition) is 6. The van der Waals surface area contributed by atoms with Crippen molar-refractivity contribution in [2.45, 2.75) is 31.2 Å². The first-order chi connectivity index (χ1) is 15.5. The molecule has 0 aliphatic carbocycles. The zero-order valence-electron chi connectivity index (χ0n) is 17.4. The lowest BCUT2D eigenvalue weighted by molar-refractivity contribution is 0.602. The van der Waals surface area contributed by atoms with Gasteiger partial charge in [-0.3, -0.25) is 4.72 Å². The lowest BCUT2D eigenvalue weighted by Gasteiger charge is -2.10. The van der Waals surface area contributed by atoms with E-state index in [9.17, 15) is 8.42 Å². The van der Waals surface area contributed by atoms with Crippen molar-refractivity contribution in [1.82, 2.24) is 18.3 Å². The number of anilines is 1. The molecule has 5 aromatic rings. The number of aromatic nitrogens is 4. The molecule has 0 amide bonds. The minimum Gasteiger partial charge on any atom is -0.328 e. The van der Waals surface area contributed by atoms with Crippen LogP contribution in [0.4, 0.5) is 5.69 Å². The van der Waals surface area contributed by atoms with E-state index in [4.69, 9.17) is 4.98 Å². The molecule has 9 heteroatoms. The Labute approximate surface area is 190 Å². The molecule has 0 saturated heterocycles. The summed E-state index contributed by atoms with van der Waals surface area (Å²) in [6, 6.07) is 20.6. The molecule has 7 nitrogen and oxygen atoms in total. The largest absolute Gasteiger partial charge is 0.328 e. The Bertz CT molecular complexity index is 1500. The van der Waals surface area contributed by atoms with Crippen LogP contribution in [-0.2, 0) is 29.4 Å². The molecule has 0 aliphatic heterocycles. The highest BCUT2D eigenvalue weighted by Crippen LogP contribution is 2.24. The summed E-state index contributed by atoms with van der Waals surface area (Å²) in [6.07, 6.45) is 1.63. The van der Waals surface area contributed by atoms with Gasteiger partial charge in [-0.05, 0) is 55.3 Å². The van der Waals surface area contributed by atoms with E-state index in [-0.39, 0.29) is 4.90 Å². The molecule has 0 atom stereocenters. The van der Waals surface area contributed by atoms with Gasteiger partial charge in [-0.1, -0.05) is 30.3 Å². The van der Waals surface area contributed by atoms with Crippen molar-refractivity contribution in [1.29, 1.82) is 0 Å². The second-order valence-electron chi connectivity index (χ2n) is 7.45. The van der Waals surface area contributed by atoms with Crippen molar-refractivity contribution in [2.24, 2.45) is 0 Å². The molecule has 0 radical (unpaired) electrons. The minimum atomic E-state index is -3.76. The molecule has 2 aromatic heterocycles. The SMILES string of the molecule is CCn1c(CCc2ccc(NS(=O)(=O)c3cccc4nsnc34)cc2)nc2ccccc21. The molecule has 2 heterocycles. The smallest absolute Gasteiger partial charge is 0.264 e. The van der Waals surface area contributed by atoms with E-state index in [1.54, 1.807) is 30.3 Å². The van der Waals surface area contributed by atoms with Crippen molar-refractivity contribution in [3.63, 3.8) is 0 Å². The molecule has 0 spiro atoms. The normalized spacial score (nSPS) is 11.9. The molecule has 0 bridgehead atoms. The summed E-state index contributed by atoms with van der Waals surface area (Å²) in [5.41, 5.74) is 4.76. The van der Waals surface area contributed by atoms with Crippen LogP contribution in [0.2, 0.25) is 0 Å². The van der Waals surface area contributed by atoms with Crippen molar-refractivity contribution in [2.75, 3.05) is 4.72 Å². The molecule has 1 N–H and O–H groups in total. The topological polar surface area (TPSA) is 89.8 Å². The highest BCUT2D eigenvalue weighted by Gasteiger charge is 2.19. The number of sulfonamides is 1. The third kappa shape index (κ3) is 3.85. The van der Waals surface area contributed by atoms with Crippen molar-refractivity contribution in [3.8, 4) is 0 Å². The molecule has 0 aliphatic rings. The number of para-hydroxylation sites is 2. The number of nitrogens with zero attached hydrogens (tertiary/aromatic N) is 4. The van der Waals surface area contributed by atoms with Gasteiger partial charge in [-0.15, -0.1) is 0 Å². The highest BCUT2D eigenvalue weighted by molar-refractivity contribution is 7.93. The van der Waals surface area contributed by atoms with Crippen LogP contribution >= 0.6 is 11.7 Å². The molecule has 0 unspecified atom stereocenters. The van der Waals surface area contributed by atoms with Gasteiger partial charge in [0.2, 0.25) is 0 Å². The summed E-state index contributed by atoms with van der Waals surface area (Å²) in [6.45, 7) is 3.00. The molecular weight excluding hydrogens is 442 g/mol. The maximum Gasteiger partial charge on any atom is 0.264 e. The number of benzene rings is 3. The van der Waals surface area contributed by atoms with E-state index >= 15 is 0 Å². The van der Waals surface area contributed by atoms with Crippen LogP contribution in [0.3, 0.4) is 0 Å². The van der Waals surface area contributed by atoms with Gasteiger partial charge in [0, 0.05) is 18.7 Å². The van der Waals surface area contributed by atoms with Crippen LogP contribution in [0.1, 0.15) is 18.3 Å². The van der Waals surface area contributed by atoms with Gasteiger partial charge < -0.3 is 4.57 Å². The van der Waals surface area contributed by atoms with E-state index in [1.807, 2.05) is 30.3 Å². The fraction of sp³-hybridized carbons (Fsp3) is 0.174. The fourth-order valence-corrected chi connectivity index (χ4v) is 5.70. The molecule has 162 valence electrons. The predicted molar refractivity (Wildman–Crippen MR) is 127 cm³/mol. The molecule has 3 aromatic carbocycles. The molecular formula is C23H21N5O2S2.